The van der Waals surface area contributed by atoms with Crippen LogP contribution in [-0.4, -0.2) is 104 Å². The molecule has 2 saturated heterocycles. The van der Waals surface area contributed by atoms with Crippen molar-refractivity contribution in [3.05, 3.63) is 71.7 Å². The van der Waals surface area contributed by atoms with E-state index >= 15 is 8.42 Å². The number of nitrogens with one attached hydrogen (secondary N) is 1. The molecule has 50 heavy (non-hydrogen) atoms. The lowest BCUT2D eigenvalue weighted by atomic mass is 9.80. The molecule has 16 heteroatoms. The van der Waals surface area contributed by atoms with Gasteiger partial charge in [-0.2, -0.15) is 12.3 Å². The Hall–Kier alpha value is -4.02. The number of methoxy groups -OCH3 is 2. The number of carboxylic acid groups (broad SMARTS) is 1. The van der Waals surface area contributed by atoms with Crippen LogP contribution >= 0.6 is 11.6 Å². The van der Waals surface area contributed by atoms with E-state index in [-0.39, 0.29) is 41.3 Å². The number of benzene rings is 2. The molecule has 5 unspecified atom stereocenters. The molecule has 3 aliphatic heterocycles. The van der Waals surface area contributed by atoms with Crippen molar-refractivity contribution >= 4 is 39.3 Å². The third-order valence-corrected chi connectivity index (χ3v) is 12.7. The third kappa shape index (κ3) is 5.84. The summed E-state index contributed by atoms with van der Waals surface area (Å²) in [6.45, 7) is 2.63. The number of hydrogen-bond donors (Lipinski definition) is 1. The first-order chi connectivity index (χ1) is 23.9. The van der Waals surface area contributed by atoms with E-state index in [1.807, 2.05) is 11.9 Å². The highest BCUT2D eigenvalue weighted by atomic mass is 35.5. The van der Waals surface area contributed by atoms with Crippen LogP contribution < -0.4 is 24.6 Å². The fourth-order valence-corrected chi connectivity index (χ4v) is 10.4. The number of sulfonamides is 1. The summed E-state index contributed by atoms with van der Waals surface area (Å²) in [5, 5.41) is 16.7. The number of ether oxygens (including phenoxy) is 3. The largest absolute Gasteiger partial charge is 0.497 e. The van der Waals surface area contributed by atoms with Gasteiger partial charge < -0.3 is 34.3 Å². The van der Waals surface area contributed by atoms with E-state index in [2.05, 4.69) is 15.2 Å². The number of piperazine rings is 1. The molecule has 0 radical (unpaired) electrons. The molecular formula is C34H39ClFN5O8S. The van der Waals surface area contributed by atoms with Gasteiger partial charge in [0.2, 0.25) is 11.8 Å². The summed E-state index contributed by atoms with van der Waals surface area (Å²) < 4.78 is 60.1. The van der Waals surface area contributed by atoms with E-state index in [9.17, 15) is 19.1 Å². The van der Waals surface area contributed by atoms with Gasteiger partial charge >= 0.3 is 10.0 Å². The number of carbonyl (C=O) groups is 2. The summed E-state index contributed by atoms with van der Waals surface area (Å²) in [6.07, 6.45) is 0.744. The van der Waals surface area contributed by atoms with Crippen LogP contribution in [0.25, 0.3) is 0 Å². The Morgan fingerprint density at radius 2 is 1.86 bits per heavy atom. The van der Waals surface area contributed by atoms with Gasteiger partial charge in [0, 0.05) is 29.6 Å². The predicted octanol–water partition coefficient (Wildman–Crippen LogP) is 3.31. The van der Waals surface area contributed by atoms with Gasteiger partial charge in [0.25, 0.3) is 6.09 Å². The number of likely N-dealkylation sites (tertiary alicyclic amines) is 1. The number of nitrogens with zero attached hydrogens (tertiary/aromatic N) is 4. The van der Waals surface area contributed by atoms with Crippen LogP contribution in [0.2, 0.25) is 0 Å². The average molecular weight is 732 g/mol. The molecule has 268 valence electrons. The second kappa shape index (κ2) is 13.9. The highest BCUT2D eigenvalue weighted by molar-refractivity contribution is 7.86. The molecule has 2 aromatic carbocycles. The number of rotatable bonds is 9. The molecule has 3 aliphatic rings. The number of anilines is 1. The van der Waals surface area contributed by atoms with Gasteiger partial charge in [-0.15, -0.1) is 0 Å². The minimum Gasteiger partial charge on any atom is -0.497 e. The first kappa shape index (κ1) is 35.8. The van der Waals surface area contributed by atoms with Crippen LogP contribution in [0.5, 0.6) is 17.4 Å². The molecule has 0 saturated carbocycles. The maximum absolute atomic E-state index is 15.3. The lowest BCUT2D eigenvalue weighted by molar-refractivity contribution is -0.799. The van der Waals surface area contributed by atoms with Crippen molar-refractivity contribution in [1.82, 2.24) is 14.8 Å². The molecule has 6 rings (SSSR count). The first-order valence-electron chi connectivity index (χ1n) is 16.2. The van der Waals surface area contributed by atoms with Crippen molar-refractivity contribution in [1.29, 1.82) is 0 Å². The zero-order valence-electron chi connectivity index (χ0n) is 28.0. The van der Waals surface area contributed by atoms with Gasteiger partial charge in [0.15, 0.2) is 4.90 Å². The molecule has 0 spiro atoms. The maximum atomic E-state index is 15.3. The summed E-state index contributed by atoms with van der Waals surface area (Å²) in [7, 11) is -0.482. The van der Waals surface area contributed by atoms with Crippen molar-refractivity contribution in [3.8, 4) is 17.4 Å². The number of piperidine rings is 1. The third-order valence-electron chi connectivity index (χ3n) is 10.0. The molecule has 1 aromatic heterocycles. The number of hydrogen-bond acceptors (Lipinski definition) is 11. The Kier molecular flexibility index (Phi) is 9.98. The Labute approximate surface area is 295 Å². The highest BCUT2D eigenvalue weighted by Crippen LogP contribution is 2.54. The van der Waals surface area contributed by atoms with Crippen molar-refractivity contribution < 1.29 is 45.6 Å². The Bertz CT molecular complexity index is 1890. The van der Waals surface area contributed by atoms with Crippen LogP contribution in [0.15, 0.2) is 59.6 Å². The SMILES string of the molecule is CCOc1ncccc1C1C(C2C(=O)Nc3cc(F)ccc32)[N+](C(=O)[O-])(S(=O)(=O)c2ccc(OC)cc2OC)CC(Cl)N1C1CCN(C)CC1. The number of carbonyl (C=O) groups excluding carboxylic acids is 2. The summed E-state index contributed by atoms with van der Waals surface area (Å²) in [4.78, 5) is 36.3. The lowest BCUT2D eigenvalue weighted by Gasteiger charge is -2.57. The van der Waals surface area contributed by atoms with E-state index in [0.29, 0.717) is 31.5 Å². The molecule has 2 fully saturated rings. The second-order valence-corrected chi connectivity index (χ2v) is 15.2. The Balaban J connectivity index is 1.71. The van der Waals surface area contributed by atoms with E-state index in [1.54, 1.807) is 19.1 Å². The summed E-state index contributed by atoms with van der Waals surface area (Å²) in [6, 6.07) is 7.72. The van der Waals surface area contributed by atoms with Crippen LogP contribution in [0.3, 0.4) is 0 Å². The van der Waals surface area contributed by atoms with Crippen molar-refractivity contribution in [2.75, 3.05) is 52.8 Å². The quantitative estimate of drug-likeness (QED) is 0.196. The van der Waals surface area contributed by atoms with Crippen molar-refractivity contribution in [3.63, 3.8) is 0 Å². The van der Waals surface area contributed by atoms with E-state index < -0.39 is 66.7 Å². The van der Waals surface area contributed by atoms with Gasteiger partial charge in [-0.25, -0.2) is 9.37 Å². The second-order valence-electron chi connectivity index (χ2n) is 12.6. The zero-order valence-corrected chi connectivity index (χ0v) is 29.6. The van der Waals surface area contributed by atoms with Gasteiger partial charge in [0.05, 0.1) is 26.9 Å². The predicted molar refractivity (Wildman–Crippen MR) is 179 cm³/mol. The van der Waals surface area contributed by atoms with Crippen LogP contribution in [0.1, 0.15) is 42.9 Å². The molecule has 3 aromatic rings. The van der Waals surface area contributed by atoms with Crippen LogP contribution in [-0.2, 0) is 14.8 Å². The number of halogens is 2. The molecule has 5 atom stereocenters. The zero-order chi connectivity index (χ0) is 36.0. The first-order valence-corrected chi connectivity index (χ1v) is 18.1. The Morgan fingerprint density at radius 1 is 1.12 bits per heavy atom. The number of alkyl halides is 1. The molecule has 0 bridgehead atoms. The average Bonchev–Trinajstić information content (AvgIpc) is 3.42. The molecular weight excluding hydrogens is 693 g/mol. The Morgan fingerprint density at radius 3 is 2.52 bits per heavy atom. The summed E-state index contributed by atoms with van der Waals surface area (Å²) in [5.74, 6) is -2.58. The minimum absolute atomic E-state index is 0.102. The maximum Gasteiger partial charge on any atom is 0.337 e. The van der Waals surface area contributed by atoms with Crippen molar-refractivity contribution in [2.24, 2.45) is 0 Å². The number of amides is 2. The van der Waals surface area contributed by atoms with Crippen LogP contribution in [0.4, 0.5) is 14.9 Å². The fourth-order valence-electron chi connectivity index (χ4n) is 7.74. The normalized spacial score (nSPS) is 26.2. The monoisotopic (exact) mass is 731 g/mol. The molecule has 0 aliphatic carbocycles. The van der Waals surface area contributed by atoms with Gasteiger partial charge in [-0.05, 0) is 75.8 Å². The molecule has 4 heterocycles. The number of pyridine rings is 1. The fraction of sp³-hybridized carbons (Fsp3) is 0.441. The van der Waals surface area contributed by atoms with E-state index in [4.69, 9.17) is 25.8 Å². The van der Waals surface area contributed by atoms with Gasteiger partial charge in [-0.1, -0.05) is 23.7 Å². The van der Waals surface area contributed by atoms with E-state index in [0.717, 1.165) is 12.1 Å². The minimum atomic E-state index is -5.11. The molecule has 13 nitrogen and oxygen atoms in total. The number of fused-ring (bicyclic) bond motifs is 1. The summed E-state index contributed by atoms with van der Waals surface area (Å²) >= 11 is 7.28. The number of aromatic nitrogens is 1. The standard InChI is InChI=1S/C34H39ClFN5O8S/c1-5-49-33-24(7-6-14-37-33)30-31(29-23-10-8-20(36)17-25(23)38-32(29)42)41(34(43)44,19-28(35)40(30)21-12-15-39(2)16-13-21)50(45,46)27-11-9-22(47-3)18-26(27)48-4/h6-11,14,17-18,21,28-31H,5,12-13,15-16,19H2,1-4H3,(H-,38,42,43,44). The van der Waals surface area contributed by atoms with E-state index in [1.165, 1.54) is 44.7 Å². The van der Waals surface area contributed by atoms with Crippen LogP contribution in [0, 0.1) is 5.82 Å². The summed E-state index contributed by atoms with van der Waals surface area (Å²) in [5.41, 5.74) is -0.532. The van der Waals surface area contributed by atoms with Gasteiger partial charge in [-0.3, -0.25) is 9.69 Å². The number of quaternary nitrogens is 1. The van der Waals surface area contributed by atoms with Crippen molar-refractivity contribution in [2.45, 2.75) is 54.2 Å². The smallest absolute Gasteiger partial charge is 0.337 e. The molecule has 1 N–H and O–H groups in total. The topological polar surface area (TPSA) is 150 Å². The lowest BCUT2D eigenvalue weighted by Crippen LogP contribution is -2.77. The molecule has 2 amide bonds. The highest BCUT2D eigenvalue weighted by Gasteiger charge is 2.67. The van der Waals surface area contributed by atoms with Gasteiger partial charge in [0.1, 0.15) is 41.3 Å².